The minimum atomic E-state index is -0.0463. The number of rotatable bonds is 1. The molecule has 8 heteroatoms. The van der Waals surface area contributed by atoms with Crippen molar-refractivity contribution in [2.24, 2.45) is 0 Å². The van der Waals surface area contributed by atoms with E-state index in [9.17, 15) is 9.59 Å². The Morgan fingerprint density at radius 3 is 2.86 bits per heavy atom. The van der Waals surface area contributed by atoms with E-state index in [0.29, 0.717) is 36.8 Å². The van der Waals surface area contributed by atoms with Crippen molar-refractivity contribution in [1.29, 1.82) is 0 Å². The summed E-state index contributed by atoms with van der Waals surface area (Å²) in [5, 5.41) is 3.89. The van der Waals surface area contributed by atoms with E-state index in [4.69, 9.17) is 4.74 Å². The van der Waals surface area contributed by atoms with Crippen LogP contribution in [0.25, 0.3) is 0 Å². The van der Waals surface area contributed by atoms with Crippen LogP contribution in [-0.4, -0.2) is 69.6 Å². The molecule has 114 valence electrons. The van der Waals surface area contributed by atoms with Crippen LogP contribution >= 0.6 is 11.5 Å². The number of hydrogen-bond donors (Lipinski definition) is 0. The van der Waals surface area contributed by atoms with Gasteiger partial charge in [-0.05, 0) is 24.9 Å². The van der Waals surface area contributed by atoms with Crippen LogP contribution < -0.4 is 0 Å². The van der Waals surface area contributed by atoms with Crippen LogP contribution in [0, 0.1) is 6.92 Å². The maximum absolute atomic E-state index is 12.5. The zero-order valence-corrected chi connectivity index (χ0v) is 12.9. The first-order valence-corrected chi connectivity index (χ1v) is 7.82. The topological polar surface area (TPSA) is 75.6 Å². The average Bonchev–Trinajstić information content (AvgIpc) is 2.91. The summed E-state index contributed by atoms with van der Waals surface area (Å²) in [7, 11) is 0. The molecule has 0 bridgehead atoms. The van der Waals surface area contributed by atoms with E-state index < -0.39 is 0 Å². The van der Waals surface area contributed by atoms with Crippen molar-refractivity contribution < 1.29 is 14.3 Å². The van der Waals surface area contributed by atoms with Crippen molar-refractivity contribution in [1.82, 2.24) is 19.4 Å². The minimum Gasteiger partial charge on any atom is -0.374 e. The number of carbonyl (C=O) groups is 2. The SMILES string of the molecule is CC(=O)N1CCO[C@@H]2CCN(C(=O)c3snnc3C)C[C@H]21. The number of likely N-dealkylation sites (tertiary alicyclic amines) is 1. The fourth-order valence-corrected chi connectivity index (χ4v) is 3.64. The molecule has 2 atom stereocenters. The third-order valence-electron chi connectivity index (χ3n) is 4.12. The fourth-order valence-electron chi connectivity index (χ4n) is 3.02. The van der Waals surface area contributed by atoms with Gasteiger partial charge in [0, 0.05) is 26.6 Å². The highest BCUT2D eigenvalue weighted by Gasteiger charge is 2.40. The zero-order valence-electron chi connectivity index (χ0n) is 12.1. The van der Waals surface area contributed by atoms with Gasteiger partial charge in [0.05, 0.1) is 24.4 Å². The number of amides is 2. The Labute approximate surface area is 127 Å². The number of nitrogens with zero attached hydrogens (tertiary/aromatic N) is 4. The molecule has 0 saturated carbocycles. The van der Waals surface area contributed by atoms with Crippen molar-refractivity contribution in [2.45, 2.75) is 32.4 Å². The molecule has 0 radical (unpaired) electrons. The average molecular weight is 310 g/mol. The molecule has 2 amide bonds. The molecular formula is C13H18N4O3S. The summed E-state index contributed by atoms with van der Waals surface area (Å²) in [4.78, 5) is 28.5. The van der Waals surface area contributed by atoms with Crippen molar-refractivity contribution in [3.8, 4) is 0 Å². The lowest BCUT2D eigenvalue weighted by Gasteiger charge is -2.46. The van der Waals surface area contributed by atoms with E-state index in [0.717, 1.165) is 18.0 Å². The molecule has 21 heavy (non-hydrogen) atoms. The second kappa shape index (κ2) is 5.69. The maximum Gasteiger partial charge on any atom is 0.267 e. The van der Waals surface area contributed by atoms with Gasteiger partial charge in [0.25, 0.3) is 5.91 Å². The first-order valence-electron chi connectivity index (χ1n) is 7.05. The van der Waals surface area contributed by atoms with Gasteiger partial charge in [-0.2, -0.15) is 0 Å². The summed E-state index contributed by atoms with van der Waals surface area (Å²) < 4.78 is 9.57. The van der Waals surface area contributed by atoms with E-state index in [-0.39, 0.29) is 24.0 Å². The molecule has 2 fully saturated rings. The summed E-state index contributed by atoms with van der Waals surface area (Å²) in [5.74, 6) is -0.00624. The molecule has 2 saturated heterocycles. The van der Waals surface area contributed by atoms with Crippen LogP contribution in [0.1, 0.15) is 28.7 Å². The van der Waals surface area contributed by atoms with Crippen LogP contribution in [0.4, 0.5) is 0 Å². The van der Waals surface area contributed by atoms with E-state index in [1.807, 2.05) is 4.90 Å². The molecule has 0 aromatic carbocycles. The van der Waals surface area contributed by atoms with E-state index >= 15 is 0 Å². The number of morpholine rings is 1. The summed E-state index contributed by atoms with van der Waals surface area (Å²) >= 11 is 1.12. The maximum atomic E-state index is 12.5. The van der Waals surface area contributed by atoms with Gasteiger partial charge in [-0.15, -0.1) is 5.10 Å². The third-order valence-corrected chi connectivity index (χ3v) is 4.94. The Balaban J connectivity index is 1.76. The predicted molar refractivity (Wildman–Crippen MR) is 76.1 cm³/mol. The molecule has 2 aliphatic heterocycles. The predicted octanol–water partition coefficient (Wildman–Crippen LogP) is 0.308. The van der Waals surface area contributed by atoms with Crippen molar-refractivity contribution in [3.63, 3.8) is 0 Å². The van der Waals surface area contributed by atoms with Crippen molar-refractivity contribution >= 4 is 23.3 Å². The smallest absolute Gasteiger partial charge is 0.267 e. The van der Waals surface area contributed by atoms with Gasteiger partial charge in [-0.25, -0.2) is 0 Å². The number of aryl methyl sites for hydroxylation is 1. The highest BCUT2D eigenvalue weighted by atomic mass is 32.1. The molecule has 0 aliphatic carbocycles. The van der Waals surface area contributed by atoms with E-state index in [1.165, 1.54) is 0 Å². The van der Waals surface area contributed by atoms with E-state index in [1.54, 1.807) is 18.7 Å². The highest BCUT2D eigenvalue weighted by molar-refractivity contribution is 7.07. The van der Waals surface area contributed by atoms with Gasteiger partial charge in [-0.3, -0.25) is 9.59 Å². The molecular weight excluding hydrogens is 292 g/mol. The molecule has 7 nitrogen and oxygen atoms in total. The molecule has 3 rings (SSSR count). The van der Waals surface area contributed by atoms with Crippen LogP contribution in [0.3, 0.4) is 0 Å². The van der Waals surface area contributed by atoms with Gasteiger partial charge < -0.3 is 14.5 Å². The Kier molecular flexibility index (Phi) is 3.90. The largest absolute Gasteiger partial charge is 0.374 e. The second-order valence-electron chi connectivity index (χ2n) is 5.42. The first-order chi connectivity index (χ1) is 10.1. The van der Waals surface area contributed by atoms with Crippen molar-refractivity contribution in [2.75, 3.05) is 26.2 Å². The fraction of sp³-hybridized carbons (Fsp3) is 0.692. The molecule has 3 heterocycles. The lowest BCUT2D eigenvalue weighted by molar-refractivity contribution is -0.149. The Morgan fingerprint density at radius 1 is 1.38 bits per heavy atom. The number of carbonyl (C=O) groups excluding carboxylic acids is 2. The Morgan fingerprint density at radius 2 is 2.19 bits per heavy atom. The molecule has 0 spiro atoms. The highest BCUT2D eigenvalue weighted by Crippen LogP contribution is 2.25. The summed E-state index contributed by atoms with van der Waals surface area (Å²) in [6.07, 6.45) is 0.790. The van der Waals surface area contributed by atoms with E-state index in [2.05, 4.69) is 9.59 Å². The molecule has 0 unspecified atom stereocenters. The van der Waals surface area contributed by atoms with Crippen LogP contribution in [-0.2, 0) is 9.53 Å². The minimum absolute atomic E-state index is 0.0346. The van der Waals surface area contributed by atoms with Crippen LogP contribution in [0.2, 0.25) is 0 Å². The van der Waals surface area contributed by atoms with Crippen LogP contribution in [0.15, 0.2) is 0 Å². The number of aromatic nitrogens is 2. The van der Waals surface area contributed by atoms with Crippen LogP contribution in [0.5, 0.6) is 0 Å². The quantitative estimate of drug-likeness (QED) is 0.746. The normalized spacial score (nSPS) is 25.6. The molecule has 2 aliphatic rings. The zero-order chi connectivity index (χ0) is 15.0. The number of hydrogen-bond acceptors (Lipinski definition) is 6. The second-order valence-corrected chi connectivity index (χ2v) is 6.17. The standard InChI is InChI=1S/C13H18N4O3S/c1-8-12(21-15-14-8)13(19)16-4-3-11-10(7-16)17(9(2)18)5-6-20-11/h10-11H,3-7H2,1-2H3/t10-,11-/m1/s1. The first kappa shape index (κ1) is 14.4. The number of ether oxygens (including phenoxy) is 1. The van der Waals surface area contributed by atoms with Gasteiger partial charge in [0.2, 0.25) is 5.91 Å². The van der Waals surface area contributed by atoms with Gasteiger partial charge in [0.15, 0.2) is 0 Å². The Hall–Kier alpha value is -1.54. The van der Waals surface area contributed by atoms with Gasteiger partial charge in [-0.1, -0.05) is 4.49 Å². The molecule has 1 aromatic heterocycles. The third kappa shape index (κ3) is 2.65. The number of piperidine rings is 1. The summed E-state index contributed by atoms with van der Waals surface area (Å²) in [6, 6.07) is -0.0462. The number of fused-ring (bicyclic) bond motifs is 1. The lowest BCUT2D eigenvalue weighted by atomic mass is 9.98. The Bertz CT molecular complexity index is 561. The molecule has 0 N–H and O–H groups in total. The van der Waals surface area contributed by atoms with Gasteiger partial charge >= 0.3 is 0 Å². The molecule has 1 aromatic rings. The summed E-state index contributed by atoms with van der Waals surface area (Å²) in [5.41, 5.74) is 0.662. The van der Waals surface area contributed by atoms with Gasteiger partial charge in [0.1, 0.15) is 4.88 Å². The summed E-state index contributed by atoms with van der Waals surface area (Å²) in [6.45, 7) is 5.69. The lowest BCUT2D eigenvalue weighted by Crippen LogP contribution is -2.61. The van der Waals surface area contributed by atoms with Crippen molar-refractivity contribution in [3.05, 3.63) is 10.6 Å². The monoisotopic (exact) mass is 310 g/mol.